The Bertz CT molecular complexity index is 421. The molecule has 0 aliphatic carbocycles. The lowest BCUT2D eigenvalue weighted by Gasteiger charge is -2.05. The van der Waals surface area contributed by atoms with Gasteiger partial charge in [-0.15, -0.1) is 0 Å². The summed E-state index contributed by atoms with van der Waals surface area (Å²) in [7, 11) is 2.18. The molecule has 2 rings (SSSR count). The van der Waals surface area contributed by atoms with Crippen molar-refractivity contribution in [2.75, 3.05) is 0 Å². The highest BCUT2D eigenvalue weighted by Crippen LogP contribution is 2.21. The summed E-state index contributed by atoms with van der Waals surface area (Å²) in [6, 6.07) is 7.71. The predicted octanol–water partition coefficient (Wildman–Crippen LogP) is 2.69. The second-order valence-corrected chi connectivity index (χ2v) is 3.51. The Morgan fingerprint density at radius 1 is 1.21 bits per heavy atom. The van der Waals surface area contributed by atoms with E-state index in [1.807, 2.05) is 24.3 Å². The standard InChI is InChI=1S/C9H8BrN2OP/c10-5-8-9(13-14)12-7-4-2-1-3-6(7)11-8/h1-4H,5,14H2. The molecule has 1 atom stereocenters. The van der Waals surface area contributed by atoms with E-state index in [0.717, 1.165) is 16.7 Å². The van der Waals surface area contributed by atoms with Gasteiger partial charge in [-0.1, -0.05) is 28.1 Å². The second kappa shape index (κ2) is 4.20. The maximum Gasteiger partial charge on any atom is 0.239 e. The van der Waals surface area contributed by atoms with Crippen LogP contribution in [0.4, 0.5) is 0 Å². The van der Waals surface area contributed by atoms with Crippen LogP contribution in [0.3, 0.4) is 0 Å². The van der Waals surface area contributed by atoms with Gasteiger partial charge < -0.3 is 4.52 Å². The number of alkyl halides is 1. The molecular weight excluding hydrogens is 263 g/mol. The van der Waals surface area contributed by atoms with Crippen LogP contribution in [0.1, 0.15) is 5.69 Å². The van der Waals surface area contributed by atoms with Crippen molar-refractivity contribution in [3.05, 3.63) is 30.0 Å². The average molecular weight is 271 g/mol. The Morgan fingerprint density at radius 2 is 1.86 bits per heavy atom. The normalized spacial score (nSPS) is 10.4. The van der Waals surface area contributed by atoms with Crippen LogP contribution in [0, 0.1) is 0 Å². The monoisotopic (exact) mass is 270 g/mol. The number of fused-ring (bicyclic) bond motifs is 1. The van der Waals surface area contributed by atoms with Crippen LogP contribution < -0.4 is 4.52 Å². The first-order valence-electron chi connectivity index (χ1n) is 4.03. The van der Waals surface area contributed by atoms with Crippen molar-refractivity contribution in [3.63, 3.8) is 0 Å². The van der Waals surface area contributed by atoms with Crippen LogP contribution >= 0.6 is 25.4 Å². The summed E-state index contributed by atoms with van der Waals surface area (Å²) in [5.74, 6) is 0.547. The molecule has 1 aromatic carbocycles. The van der Waals surface area contributed by atoms with E-state index < -0.39 is 0 Å². The van der Waals surface area contributed by atoms with Gasteiger partial charge in [-0.25, -0.2) is 9.97 Å². The van der Waals surface area contributed by atoms with Crippen LogP contribution in [0.15, 0.2) is 24.3 Å². The molecular formula is C9H8BrN2OP. The first-order chi connectivity index (χ1) is 6.85. The highest BCUT2D eigenvalue weighted by molar-refractivity contribution is 9.08. The van der Waals surface area contributed by atoms with E-state index in [1.54, 1.807) is 0 Å². The van der Waals surface area contributed by atoms with Gasteiger partial charge >= 0.3 is 0 Å². The molecule has 0 amide bonds. The summed E-state index contributed by atoms with van der Waals surface area (Å²) in [4.78, 5) is 8.75. The zero-order chi connectivity index (χ0) is 9.97. The minimum atomic E-state index is 0.547. The molecule has 5 heteroatoms. The Labute approximate surface area is 92.3 Å². The number of hydrogen-bond donors (Lipinski definition) is 0. The van der Waals surface area contributed by atoms with Crippen LogP contribution in [-0.4, -0.2) is 9.97 Å². The summed E-state index contributed by atoms with van der Waals surface area (Å²) < 4.78 is 5.06. The second-order valence-electron chi connectivity index (χ2n) is 2.72. The van der Waals surface area contributed by atoms with Crippen molar-refractivity contribution >= 4 is 36.4 Å². The third kappa shape index (κ3) is 1.72. The molecule has 1 aromatic heterocycles. The lowest BCUT2D eigenvalue weighted by molar-refractivity contribution is 0.606. The van der Waals surface area contributed by atoms with Crippen LogP contribution in [-0.2, 0) is 5.33 Å². The lowest BCUT2D eigenvalue weighted by atomic mass is 10.3. The lowest BCUT2D eigenvalue weighted by Crippen LogP contribution is -1.94. The largest absolute Gasteiger partial charge is 0.462 e. The van der Waals surface area contributed by atoms with E-state index in [1.165, 1.54) is 0 Å². The molecule has 14 heavy (non-hydrogen) atoms. The highest BCUT2D eigenvalue weighted by atomic mass is 79.9. The number of halogens is 1. The van der Waals surface area contributed by atoms with Gasteiger partial charge in [0.15, 0.2) is 0 Å². The first kappa shape index (κ1) is 9.81. The Hall–Kier alpha value is -0.730. The van der Waals surface area contributed by atoms with Crippen molar-refractivity contribution in [3.8, 4) is 5.88 Å². The van der Waals surface area contributed by atoms with Crippen LogP contribution in [0.2, 0.25) is 0 Å². The topological polar surface area (TPSA) is 35.0 Å². The number of aromatic nitrogens is 2. The Morgan fingerprint density at radius 3 is 2.43 bits per heavy atom. The van der Waals surface area contributed by atoms with E-state index in [-0.39, 0.29) is 0 Å². The summed E-state index contributed by atoms with van der Waals surface area (Å²) in [6.07, 6.45) is 0. The Kier molecular flexibility index (Phi) is 2.94. The molecule has 3 nitrogen and oxygen atoms in total. The van der Waals surface area contributed by atoms with E-state index in [0.29, 0.717) is 11.2 Å². The minimum Gasteiger partial charge on any atom is -0.462 e. The molecule has 0 fully saturated rings. The number of para-hydroxylation sites is 2. The van der Waals surface area contributed by atoms with Gasteiger partial charge in [0.1, 0.15) is 5.69 Å². The fourth-order valence-electron chi connectivity index (χ4n) is 1.20. The molecule has 0 aliphatic heterocycles. The van der Waals surface area contributed by atoms with Gasteiger partial charge in [-0.3, -0.25) is 0 Å². The number of hydrogen-bond acceptors (Lipinski definition) is 3. The van der Waals surface area contributed by atoms with Crippen LogP contribution in [0.25, 0.3) is 11.0 Å². The number of nitrogens with zero attached hydrogens (tertiary/aromatic N) is 2. The molecule has 0 saturated carbocycles. The fraction of sp³-hybridized carbons (Fsp3) is 0.111. The summed E-state index contributed by atoms with van der Waals surface area (Å²) in [5, 5.41) is 0.633. The third-order valence-corrected chi connectivity index (χ3v) is 2.60. The predicted molar refractivity (Wildman–Crippen MR) is 62.5 cm³/mol. The number of rotatable bonds is 2. The zero-order valence-electron chi connectivity index (χ0n) is 7.27. The average Bonchev–Trinajstić information content (AvgIpc) is 2.27. The van der Waals surface area contributed by atoms with Crippen molar-refractivity contribution in [2.24, 2.45) is 0 Å². The van der Waals surface area contributed by atoms with Gasteiger partial charge in [0, 0.05) is 0 Å². The van der Waals surface area contributed by atoms with E-state index in [4.69, 9.17) is 4.52 Å². The van der Waals surface area contributed by atoms with Crippen molar-refractivity contribution in [1.29, 1.82) is 0 Å². The molecule has 72 valence electrons. The third-order valence-electron chi connectivity index (χ3n) is 1.84. The maximum absolute atomic E-state index is 5.06. The zero-order valence-corrected chi connectivity index (χ0v) is 10.0. The van der Waals surface area contributed by atoms with E-state index in [2.05, 4.69) is 35.4 Å². The SMILES string of the molecule is POc1nc2ccccc2nc1CBr. The van der Waals surface area contributed by atoms with Crippen molar-refractivity contribution < 1.29 is 4.52 Å². The van der Waals surface area contributed by atoms with Crippen molar-refractivity contribution in [1.82, 2.24) is 9.97 Å². The molecule has 1 unspecified atom stereocenters. The summed E-state index contributed by atoms with van der Waals surface area (Å²) in [5.41, 5.74) is 2.53. The van der Waals surface area contributed by atoms with Crippen LogP contribution in [0.5, 0.6) is 5.88 Å². The summed E-state index contributed by atoms with van der Waals surface area (Å²) in [6.45, 7) is 0. The maximum atomic E-state index is 5.06. The van der Waals surface area contributed by atoms with Gasteiger partial charge in [0.25, 0.3) is 0 Å². The van der Waals surface area contributed by atoms with Gasteiger partial charge in [-0.2, -0.15) is 0 Å². The minimum absolute atomic E-state index is 0.547. The molecule has 0 radical (unpaired) electrons. The quantitative estimate of drug-likeness (QED) is 0.622. The molecule has 0 spiro atoms. The van der Waals surface area contributed by atoms with E-state index >= 15 is 0 Å². The van der Waals surface area contributed by atoms with Crippen molar-refractivity contribution in [2.45, 2.75) is 5.33 Å². The smallest absolute Gasteiger partial charge is 0.239 e. The molecule has 0 aliphatic rings. The summed E-state index contributed by atoms with van der Waals surface area (Å²) >= 11 is 3.34. The Balaban J connectivity index is 2.69. The molecule has 0 bridgehead atoms. The fourth-order valence-corrected chi connectivity index (χ4v) is 1.76. The molecule has 0 saturated heterocycles. The first-order valence-corrected chi connectivity index (χ1v) is 5.63. The van der Waals surface area contributed by atoms with Gasteiger partial charge in [-0.05, 0) is 12.1 Å². The molecule has 0 N–H and O–H groups in total. The number of benzene rings is 1. The highest BCUT2D eigenvalue weighted by Gasteiger charge is 2.06. The van der Waals surface area contributed by atoms with Gasteiger partial charge in [0.05, 0.1) is 25.8 Å². The van der Waals surface area contributed by atoms with Gasteiger partial charge in [0.2, 0.25) is 5.88 Å². The molecule has 1 heterocycles. The van der Waals surface area contributed by atoms with E-state index in [9.17, 15) is 0 Å². The molecule has 2 aromatic rings.